The Hall–Kier alpha value is -1.47. The molecule has 1 aliphatic carbocycles. The molecule has 2 fully saturated rings. The molecule has 0 radical (unpaired) electrons. The van der Waals surface area contributed by atoms with Gasteiger partial charge < -0.3 is 19.5 Å². The predicted molar refractivity (Wildman–Crippen MR) is 83.5 cm³/mol. The molecule has 1 aliphatic heterocycles. The lowest BCUT2D eigenvalue weighted by atomic mass is 9.67. The number of carbonyl (C=O) groups is 1. The van der Waals surface area contributed by atoms with E-state index in [1.807, 2.05) is 14.0 Å². The Labute approximate surface area is 136 Å². The van der Waals surface area contributed by atoms with Crippen molar-refractivity contribution in [3.8, 4) is 0 Å². The molecule has 0 bridgehead atoms. The van der Waals surface area contributed by atoms with Gasteiger partial charge in [0.1, 0.15) is 6.10 Å². The Kier molecular flexibility index (Phi) is 4.68. The van der Waals surface area contributed by atoms with Crippen LogP contribution in [-0.4, -0.2) is 48.2 Å². The summed E-state index contributed by atoms with van der Waals surface area (Å²) in [7, 11) is 3.43. The van der Waals surface area contributed by atoms with Gasteiger partial charge in [0.05, 0.1) is 12.0 Å². The fourth-order valence-electron chi connectivity index (χ4n) is 3.93. The molecule has 7 heteroatoms. The van der Waals surface area contributed by atoms with Crippen molar-refractivity contribution in [1.29, 1.82) is 0 Å². The van der Waals surface area contributed by atoms with E-state index < -0.39 is 0 Å². The van der Waals surface area contributed by atoms with Crippen LogP contribution in [0.2, 0.25) is 0 Å². The molecule has 1 aromatic heterocycles. The minimum absolute atomic E-state index is 0.201. The van der Waals surface area contributed by atoms with Crippen molar-refractivity contribution in [2.24, 2.45) is 11.3 Å². The number of nitrogens with one attached hydrogen (secondary N) is 1. The summed E-state index contributed by atoms with van der Waals surface area (Å²) in [5.74, 6) is 1.62. The molecule has 23 heavy (non-hydrogen) atoms. The lowest BCUT2D eigenvalue weighted by Gasteiger charge is -2.39. The summed E-state index contributed by atoms with van der Waals surface area (Å²) in [6, 6.07) is 0. The maximum Gasteiger partial charge on any atom is 0.246 e. The Bertz CT molecular complexity index is 561. The minimum Gasteiger partial charge on any atom is -0.374 e. The lowest BCUT2D eigenvalue weighted by molar-refractivity contribution is -0.144. The van der Waals surface area contributed by atoms with Crippen LogP contribution in [0.4, 0.5) is 0 Å². The molecule has 0 aromatic carbocycles. The SMILES string of the molecule is COC(C)c1noc(CN(C)C(=O)[C@@]23CCCC[C@H]2CNC3)n1. The van der Waals surface area contributed by atoms with E-state index in [0.717, 1.165) is 32.4 Å². The number of hydrogen-bond donors (Lipinski definition) is 1. The Balaban J connectivity index is 1.69. The third-order valence-corrected chi connectivity index (χ3v) is 5.38. The molecule has 1 amide bonds. The van der Waals surface area contributed by atoms with Crippen LogP contribution < -0.4 is 5.32 Å². The van der Waals surface area contributed by atoms with Crippen molar-refractivity contribution in [2.75, 3.05) is 27.2 Å². The molecular formula is C16H26N4O3. The zero-order chi connectivity index (χ0) is 16.4. The summed E-state index contributed by atoms with van der Waals surface area (Å²) in [4.78, 5) is 19.1. The Morgan fingerprint density at radius 3 is 3.17 bits per heavy atom. The first-order valence-electron chi connectivity index (χ1n) is 8.38. The second kappa shape index (κ2) is 6.57. The molecule has 2 heterocycles. The number of carbonyl (C=O) groups excluding carboxylic acids is 1. The van der Waals surface area contributed by atoms with Gasteiger partial charge in [-0.15, -0.1) is 0 Å². The predicted octanol–water partition coefficient (Wildman–Crippen LogP) is 1.52. The molecule has 1 saturated carbocycles. The molecule has 1 saturated heterocycles. The van der Waals surface area contributed by atoms with Crippen LogP contribution in [0.1, 0.15) is 50.4 Å². The van der Waals surface area contributed by atoms with E-state index in [1.165, 1.54) is 6.42 Å². The van der Waals surface area contributed by atoms with Gasteiger partial charge in [-0.3, -0.25) is 4.79 Å². The highest BCUT2D eigenvalue weighted by atomic mass is 16.5. The van der Waals surface area contributed by atoms with E-state index in [9.17, 15) is 4.79 Å². The second-order valence-electron chi connectivity index (χ2n) is 6.82. The first-order valence-corrected chi connectivity index (χ1v) is 8.38. The van der Waals surface area contributed by atoms with Gasteiger partial charge in [-0.25, -0.2) is 0 Å². The molecule has 128 valence electrons. The molecule has 1 aromatic rings. The van der Waals surface area contributed by atoms with Crippen molar-refractivity contribution in [1.82, 2.24) is 20.4 Å². The Morgan fingerprint density at radius 1 is 1.57 bits per heavy atom. The van der Waals surface area contributed by atoms with Gasteiger partial charge in [0.25, 0.3) is 0 Å². The summed E-state index contributed by atoms with van der Waals surface area (Å²) in [6.07, 6.45) is 4.27. The molecule has 3 atom stereocenters. The second-order valence-corrected chi connectivity index (χ2v) is 6.82. The quantitative estimate of drug-likeness (QED) is 0.885. The summed E-state index contributed by atoms with van der Waals surface area (Å²) < 4.78 is 10.4. The third-order valence-electron chi connectivity index (χ3n) is 5.38. The summed E-state index contributed by atoms with van der Waals surface area (Å²) in [6.45, 7) is 3.95. The molecule has 3 rings (SSSR count). The van der Waals surface area contributed by atoms with E-state index in [1.54, 1.807) is 12.0 Å². The number of methoxy groups -OCH3 is 1. The van der Waals surface area contributed by atoms with Crippen LogP contribution in [0.5, 0.6) is 0 Å². The number of fused-ring (bicyclic) bond motifs is 1. The summed E-state index contributed by atoms with van der Waals surface area (Å²) >= 11 is 0. The molecule has 1 unspecified atom stereocenters. The van der Waals surface area contributed by atoms with Crippen LogP contribution in [0.25, 0.3) is 0 Å². The summed E-state index contributed by atoms with van der Waals surface area (Å²) in [5.41, 5.74) is -0.240. The highest BCUT2D eigenvalue weighted by Gasteiger charge is 2.50. The number of aromatic nitrogens is 2. The Morgan fingerprint density at radius 2 is 2.39 bits per heavy atom. The fourth-order valence-corrected chi connectivity index (χ4v) is 3.93. The largest absolute Gasteiger partial charge is 0.374 e. The van der Waals surface area contributed by atoms with E-state index in [2.05, 4.69) is 15.5 Å². The van der Waals surface area contributed by atoms with Gasteiger partial charge in [0, 0.05) is 20.7 Å². The van der Waals surface area contributed by atoms with Crippen LogP contribution in [0.15, 0.2) is 4.52 Å². The topological polar surface area (TPSA) is 80.5 Å². The molecule has 7 nitrogen and oxygen atoms in total. The molecule has 2 aliphatic rings. The molecule has 0 spiro atoms. The van der Waals surface area contributed by atoms with E-state index in [-0.39, 0.29) is 17.4 Å². The number of rotatable bonds is 5. The molecule has 1 N–H and O–H groups in total. The summed E-state index contributed by atoms with van der Waals surface area (Å²) in [5, 5.41) is 7.33. The smallest absolute Gasteiger partial charge is 0.246 e. The van der Waals surface area contributed by atoms with E-state index in [0.29, 0.717) is 24.2 Å². The van der Waals surface area contributed by atoms with Gasteiger partial charge >= 0.3 is 0 Å². The van der Waals surface area contributed by atoms with Crippen molar-refractivity contribution < 1.29 is 14.1 Å². The van der Waals surface area contributed by atoms with Crippen molar-refractivity contribution in [3.05, 3.63) is 11.7 Å². The first kappa shape index (κ1) is 16.4. The highest BCUT2D eigenvalue weighted by Crippen LogP contribution is 2.45. The van der Waals surface area contributed by atoms with Crippen molar-refractivity contribution in [3.63, 3.8) is 0 Å². The lowest BCUT2D eigenvalue weighted by Crippen LogP contribution is -2.48. The number of amides is 1. The van der Waals surface area contributed by atoms with Crippen molar-refractivity contribution in [2.45, 2.75) is 45.3 Å². The van der Waals surface area contributed by atoms with Gasteiger partial charge in [0.2, 0.25) is 11.8 Å². The number of ether oxygens (including phenoxy) is 1. The normalized spacial score (nSPS) is 28.4. The van der Waals surface area contributed by atoms with Crippen LogP contribution >= 0.6 is 0 Å². The first-order chi connectivity index (χ1) is 11.1. The van der Waals surface area contributed by atoms with E-state index in [4.69, 9.17) is 9.26 Å². The van der Waals surface area contributed by atoms with Crippen LogP contribution in [0.3, 0.4) is 0 Å². The third kappa shape index (κ3) is 2.99. The van der Waals surface area contributed by atoms with Crippen LogP contribution in [-0.2, 0) is 16.1 Å². The van der Waals surface area contributed by atoms with Gasteiger partial charge in [-0.2, -0.15) is 4.98 Å². The fraction of sp³-hybridized carbons (Fsp3) is 0.812. The van der Waals surface area contributed by atoms with E-state index >= 15 is 0 Å². The average Bonchev–Trinajstić information content (AvgIpc) is 3.20. The minimum atomic E-state index is -0.240. The van der Waals surface area contributed by atoms with Gasteiger partial charge in [-0.1, -0.05) is 18.0 Å². The molecular weight excluding hydrogens is 296 g/mol. The van der Waals surface area contributed by atoms with Crippen LogP contribution in [0, 0.1) is 11.3 Å². The zero-order valence-corrected chi connectivity index (χ0v) is 14.2. The van der Waals surface area contributed by atoms with Gasteiger partial charge in [0.15, 0.2) is 5.82 Å². The average molecular weight is 322 g/mol. The monoisotopic (exact) mass is 322 g/mol. The van der Waals surface area contributed by atoms with Gasteiger partial charge in [-0.05, 0) is 32.2 Å². The highest BCUT2D eigenvalue weighted by molar-refractivity contribution is 5.83. The zero-order valence-electron chi connectivity index (χ0n) is 14.2. The number of nitrogens with zero attached hydrogens (tertiary/aromatic N) is 3. The standard InChI is InChI=1S/C16H26N4O3/c1-11(22-3)14-18-13(23-19-14)9-20(2)15(21)16-7-5-4-6-12(16)8-17-10-16/h11-12,17H,4-10H2,1-3H3/t11?,12-,16+/m0/s1. The maximum atomic E-state index is 13.1. The van der Waals surface area contributed by atoms with Crippen molar-refractivity contribution >= 4 is 5.91 Å². The maximum absolute atomic E-state index is 13.1. The number of hydrogen-bond acceptors (Lipinski definition) is 6.